The molecule has 0 saturated carbocycles. The van der Waals surface area contributed by atoms with Crippen LogP contribution in [0.2, 0.25) is 0 Å². The normalized spacial score (nSPS) is 18.5. The Morgan fingerprint density at radius 2 is 1.82 bits per heavy atom. The summed E-state index contributed by atoms with van der Waals surface area (Å²) in [4.78, 5) is 8.79. The van der Waals surface area contributed by atoms with Gasteiger partial charge in [-0.25, -0.2) is 9.97 Å². The van der Waals surface area contributed by atoms with Crippen LogP contribution in [0.4, 0.5) is 0 Å². The van der Waals surface area contributed by atoms with E-state index in [2.05, 4.69) is 15.3 Å². The molecule has 22 heavy (non-hydrogen) atoms. The van der Waals surface area contributed by atoms with Crippen molar-refractivity contribution < 1.29 is 9.47 Å². The Morgan fingerprint density at radius 1 is 1.05 bits per heavy atom. The molecular weight excluding hydrogens is 278 g/mol. The molecule has 3 rings (SSSR count). The lowest BCUT2D eigenvalue weighted by Crippen LogP contribution is -2.29. The van der Waals surface area contributed by atoms with E-state index < -0.39 is 0 Å². The summed E-state index contributed by atoms with van der Waals surface area (Å²) in [5, 5.41) is 3.39. The van der Waals surface area contributed by atoms with Gasteiger partial charge in [0.2, 0.25) is 0 Å². The summed E-state index contributed by atoms with van der Waals surface area (Å²) in [6, 6.07) is 7.70. The Kier molecular flexibility index (Phi) is 4.85. The molecule has 1 N–H and O–H groups in total. The quantitative estimate of drug-likeness (QED) is 0.940. The van der Waals surface area contributed by atoms with E-state index in [1.165, 1.54) is 12.8 Å². The molecule has 2 heterocycles. The number of hydrogen-bond acceptors (Lipinski definition) is 5. The molecule has 0 radical (unpaired) electrons. The van der Waals surface area contributed by atoms with Crippen molar-refractivity contribution >= 4 is 0 Å². The highest BCUT2D eigenvalue weighted by Gasteiger charge is 2.13. The standard InChI is InChI=1S/C17H21N3O2/c1-21-14-7-5-13(6-8-14)17-19-11-16(12-20-17)22-15-4-2-3-9-18-10-15/h5-8,11-12,15,18H,2-4,9-10H2,1H3. The number of hydrogen-bond donors (Lipinski definition) is 1. The summed E-state index contributed by atoms with van der Waals surface area (Å²) in [6.45, 7) is 1.97. The van der Waals surface area contributed by atoms with Gasteiger partial charge in [0.15, 0.2) is 11.6 Å². The zero-order chi connectivity index (χ0) is 15.2. The fraction of sp³-hybridized carbons (Fsp3) is 0.412. The number of methoxy groups -OCH3 is 1. The molecule has 1 atom stereocenters. The molecule has 1 aromatic heterocycles. The average Bonchev–Trinajstić information content (AvgIpc) is 2.84. The monoisotopic (exact) mass is 299 g/mol. The fourth-order valence-corrected chi connectivity index (χ4v) is 2.55. The Labute approximate surface area is 130 Å². The van der Waals surface area contributed by atoms with E-state index in [1.54, 1.807) is 19.5 Å². The molecule has 0 bridgehead atoms. The molecule has 0 aliphatic carbocycles. The summed E-state index contributed by atoms with van der Waals surface area (Å²) in [7, 11) is 1.65. The van der Waals surface area contributed by atoms with E-state index in [1.807, 2.05) is 24.3 Å². The number of ether oxygens (including phenoxy) is 2. The van der Waals surface area contributed by atoms with Crippen molar-refractivity contribution in [1.82, 2.24) is 15.3 Å². The number of benzene rings is 1. The van der Waals surface area contributed by atoms with Crippen molar-refractivity contribution in [3.05, 3.63) is 36.7 Å². The first kappa shape index (κ1) is 14.8. The third kappa shape index (κ3) is 3.74. The average molecular weight is 299 g/mol. The molecule has 5 heteroatoms. The molecule has 0 spiro atoms. The molecular formula is C17H21N3O2. The van der Waals surface area contributed by atoms with Gasteiger partial charge in [0.05, 0.1) is 19.5 Å². The summed E-state index contributed by atoms with van der Waals surface area (Å²) >= 11 is 0. The van der Waals surface area contributed by atoms with Crippen molar-refractivity contribution in [3.63, 3.8) is 0 Å². The first-order valence-corrected chi connectivity index (χ1v) is 7.69. The third-order valence-electron chi connectivity index (χ3n) is 3.78. The Morgan fingerprint density at radius 3 is 2.55 bits per heavy atom. The molecule has 0 amide bonds. The highest BCUT2D eigenvalue weighted by Crippen LogP contribution is 2.21. The minimum Gasteiger partial charge on any atom is -0.497 e. The second-order valence-corrected chi connectivity index (χ2v) is 5.41. The molecule has 1 aromatic carbocycles. The maximum atomic E-state index is 5.96. The van der Waals surface area contributed by atoms with Gasteiger partial charge in [0, 0.05) is 12.1 Å². The number of nitrogens with one attached hydrogen (secondary N) is 1. The molecule has 1 aliphatic rings. The summed E-state index contributed by atoms with van der Waals surface area (Å²) in [5.74, 6) is 2.24. The van der Waals surface area contributed by atoms with Crippen molar-refractivity contribution in [2.45, 2.75) is 25.4 Å². The van der Waals surface area contributed by atoms with Gasteiger partial charge in [-0.2, -0.15) is 0 Å². The molecule has 116 valence electrons. The first-order valence-electron chi connectivity index (χ1n) is 7.69. The van der Waals surface area contributed by atoms with Crippen LogP contribution in [0, 0.1) is 0 Å². The zero-order valence-corrected chi connectivity index (χ0v) is 12.8. The maximum absolute atomic E-state index is 5.96. The molecule has 5 nitrogen and oxygen atoms in total. The minimum atomic E-state index is 0.206. The highest BCUT2D eigenvalue weighted by atomic mass is 16.5. The van der Waals surface area contributed by atoms with Crippen molar-refractivity contribution in [1.29, 1.82) is 0 Å². The van der Waals surface area contributed by atoms with E-state index in [-0.39, 0.29) is 6.10 Å². The lowest BCUT2D eigenvalue weighted by Gasteiger charge is -2.16. The predicted molar refractivity (Wildman–Crippen MR) is 85.2 cm³/mol. The van der Waals surface area contributed by atoms with Crippen LogP contribution >= 0.6 is 0 Å². The second kappa shape index (κ2) is 7.22. The lowest BCUT2D eigenvalue weighted by molar-refractivity contribution is 0.193. The number of nitrogens with zero attached hydrogens (tertiary/aromatic N) is 2. The van der Waals surface area contributed by atoms with Crippen LogP contribution in [0.15, 0.2) is 36.7 Å². The van der Waals surface area contributed by atoms with Crippen LogP contribution in [0.25, 0.3) is 11.4 Å². The smallest absolute Gasteiger partial charge is 0.159 e. The third-order valence-corrected chi connectivity index (χ3v) is 3.78. The SMILES string of the molecule is COc1ccc(-c2ncc(OC3CCCCNC3)cn2)cc1. The summed E-state index contributed by atoms with van der Waals surface area (Å²) in [5.41, 5.74) is 0.962. The van der Waals surface area contributed by atoms with Gasteiger partial charge in [-0.05, 0) is 50.1 Å². The van der Waals surface area contributed by atoms with E-state index in [0.29, 0.717) is 5.82 Å². The Hall–Kier alpha value is -2.14. The van der Waals surface area contributed by atoms with E-state index in [9.17, 15) is 0 Å². The molecule has 2 aromatic rings. The van der Waals surface area contributed by atoms with Gasteiger partial charge in [0.1, 0.15) is 11.9 Å². The van der Waals surface area contributed by atoms with E-state index >= 15 is 0 Å². The van der Waals surface area contributed by atoms with Crippen LogP contribution in [-0.4, -0.2) is 36.3 Å². The topological polar surface area (TPSA) is 56.3 Å². The largest absolute Gasteiger partial charge is 0.497 e. The van der Waals surface area contributed by atoms with Gasteiger partial charge in [-0.1, -0.05) is 0 Å². The van der Waals surface area contributed by atoms with Gasteiger partial charge in [-0.15, -0.1) is 0 Å². The Balaban J connectivity index is 1.66. The van der Waals surface area contributed by atoms with E-state index in [4.69, 9.17) is 9.47 Å². The summed E-state index contributed by atoms with van der Waals surface area (Å²) < 4.78 is 11.1. The molecule has 1 saturated heterocycles. The zero-order valence-electron chi connectivity index (χ0n) is 12.8. The van der Waals surface area contributed by atoms with Crippen molar-refractivity contribution in [2.75, 3.05) is 20.2 Å². The predicted octanol–water partition coefficient (Wildman–Crippen LogP) is 2.67. The van der Waals surface area contributed by atoms with E-state index in [0.717, 1.165) is 36.6 Å². The fourth-order valence-electron chi connectivity index (χ4n) is 2.55. The lowest BCUT2D eigenvalue weighted by atomic mass is 10.2. The van der Waals surface area contributed by atoms with Crippen LogP contribution < -0.4 is 14.8 Å². The number of aromatic nitrogens is 2. The molecule has 1 unspecified atom stereocenters. The summed E-state index contributed by atoms with van der Waals surface area (Å²) in [6.07, 6.45) is 7.19. The maximum Gasteiger partial charge on any atom is 0.159 e. The van der Waals surface area contributed by atoms with Crippen LogP contribution in [0.1, 0.15) is 19.3 Å². The van der Waals surface area contributed by atoms with Crippen LogP contribution in [0.5, 0.6) is 11.5 Å². The van der Waals surface area contributed by atoms with Gasteiger partial charge < -0.3 is 14.8 Å². The molecule has 1 aliphatic heterocycles. The first-order chi connectivity index (χ1) is 10.8. The van der Waals surface area contributed by atoms with Gasteiger partial charge >= 0.3 is 0 Å². The minimum absolute atomic E-state index is 0.206. The van der Waals surface area contributed by atoms with Crippen molar-refractivity contribution in [3.8, 4) is 22.9 Å². The van der Waals surface area contributed by atoms with Gasteiger partial charge in [0.25, 0.3) is 0 Å². The second-order valence-electron chi connectivity index (χ2n) is 5.41. The number of rotatable bonds is 4. The van der Waals surface area contributed by atoms with Crippen LogP contribution in [-0.2, 0) is 0 Å². The Bertz CT molecular complexity index is 576. The molecule has 1 fully saturated rings. The van der Waals surface area contributed by atoms with Crippen LogP contribution in [0.3, 0.4) is 0 Å². The van der Waals surface area contributed by atoms with Gasteiger partial charge in [-0.3, -0.25) is 0 Å². The highest BCUT2D eigenvalue weighted by molar-refractivity contribution is 5.56. The van der Waals surface area contributed by atoms with Crippen molar-refractivity contribution in [2.24, 2.45) is 0 Å².